The molecule has 0 aliphatic carbocycles. The molecule has 5 heteroatoms. The van der Waals surface area contributed by atoms with E-state index in [0.29, 0.717) is 5.69 Å². The highest BCUT2D eigenvalue weighted by Gasteiger charge is 2.36. The molecule has 0 unspecified atom stereocenters. The number of carbonyl (C=O) groups excluding carboxylic acids is 1. The number of ketones is 1. The summed E-state index contributed by atoms with van der Waals surface area (Å²) in [6.07, 6.45) is -3.40. The summed E-state index contributed by atoms with van der Waals surface area (Å²) >= 11 is 0. The van der Waals surface area contributed by atoms with Gasteiger partial charge >= 0.3 is 6.18 Å². The number of carbonyl (C=O) groups is 1. The molecule has 0 aromatic carbocycles. The molecule has 0 radical (unpaired) electrons. The van der Waals surface area contributed by atoms with Gasteiger partial charge < -0.3 is 0 Å². The smallest absolute Gasteiger partial charge is 0.289 e. The zero-order valence-electron chi connectivity index (χ0n) is 7.93. The predicted octanol–water partition coefficient (Wildman–Crippen LogP) is 2.69. The molecule has 0 N–H and O–H groups in total. The Hall–Kier alpha value is -1.65. The average molecular weight is 215 g/mol. The number of Topliss-reactive ketones (excluding diaryl/α,β-unsaturated/α-hetero) is 1. The summed E-state index contributed by atoms with van der Waals surface area (Å²) in [6.45, 7) is 4.33. The normalized spacial score (nSPS) is 11.2. The maximum Gasteiger partial charge on any atom is 0.419 e. The van der Waals surface area contributed by atoms with Crippen molar-refractivity contribution in [3.05, 3.63) is 41.7 Å². The Morgan fingerprint density at radius 1 is 1.47 bits per heavy atom. The van der Waals surface area contributed by atoms with Crippen LogP contribution in [0.25, 0.3) is 0 Å². The SMILES string of the molecule is C=C(C(=O)c1ccnc(C)c1)C(F)(F)F. The first-order valence-electron chi connectivity index (χ1n) is 4.06. The molecule has 0 bridgehead atoms. The number of allylic oxidation sites excluding steroid dienone is 1. The molecule has 1 rings (SSSR count). The van der Waals surface area contributed by atoms with Crippen LogP contribution in [0.3, 0.4) is 0 Å². The Morgan fingerprint density at radius 3 is 2.53 bits per heavy atom. The lowest BCUT2D eigenvalue weighted by Gasteiger charge is -2.08. The molecule has 0 saturated heterocycles. The minimum absolute atomic E-state index is 0.0511. The van der Waals surface area contributed by atoms with Gasteiger partial charge in [-0.2, -0.15) is 13.2 Å². The summed E-state index contributed by atoms with van der Waals surface area (Å²) < 4.78 is 36.4. The van der Waals surface area contributed by atoms with Gasteiger partial charge in [0.15, 0.2) is 5.78 Å². The molecule has 0 amide bonds. The average Bonchev–Trinajstić information content (AvgIpc) is 2.14. The van der Waals surface area contributed by atoms with E-state index in [0.717, 1.165) is 0 Å². The van der Waals surface area contributed by atoms with Crippen molar-refractivity contribution < 1.29 is 18.0 Å². The van der Waals surface area contributed by atoms with E-state index in [-0.39, 0.29) is 5.56 Å². The third-order valence-electron chi connectivity index (χ3n) is 1.78. The zero-order chi connectivity index (χ0) is 11.6. The summed E-state index contributed by atoms with van der Waals surface area (Å²) in [5.41, 5.74) is -0.936. The fourth-order valence-electron chi connectivity index (χ4n) is 0.990. The van der Waals surface area contributed by atoms with Crippen LogP contribution in [0, 0.1) is 6.92 Å². The lowest BCUT2D eigenvalue weighted by Crippen LogP contribution is -2.19. The van der Waals surface area contributed by atoms with Crippen LogP contribution >= 0.6 is 0 Å². The van der Waals surface area contributed by atoms with Crippen molar-refractivity contribution in [2.75, 3.05) is 0 Å². The number of hydrogen-bond donors (Lipinski definition) is 0. The highest BCUT2D eigenvalue weighted by atomic mass is 19.4. The summed E-state index contributed by atoms with van der Waals surface area (Å²) in [5.74, 6) is -1.12. The lowest BCUT2D eigenvalue weighted by molar-refractivity contribution is -0.0883. The minimum Gasteiger partial charge on any atom is -0.289 e. The molecular formula is C10H8F3NO. The van der Waals surface area contributed by atoms with Gasteiger partial charge in [0.2, 0.25) is 0 Å². The molecule has 0 atom stereocenters. The quantitative estimate of drug-likeness (QED) is 0.560. The van der Waals surface area contributed by atoms with Crippen LogP contribution in [0.1, 0.15) is 16.1 Å². The Morgan fingerprint density at radius 2 is 2.07 bits per heavy atom. The van der Waals surface area contributed by atoms with Crippen molar-refractivity contribution in [1.29, 1.82) is 0 Å². The van der Waals surface area contributed by atoms with Gasteiger partial charge in [0.1, 0.15) is 0 Å². The maximum absolute atomic E-state index is 12.1. The highest BCUT2D eigenvalue weighted by Crippen LogP contribution is 2.26. The fraction of sp³-hybridized carbons (Fsp3) is 0.200. The molecule has 2 nitrogen and oxygen atoms in total. The molecule has 0 fully saturated rings. The molecule has 0 spiro atoms. The number of nitrogens with zero attached hydrogens (tertiary/aromatic N) is 1. The molecule has 15 heavy (non-hydrogen) atoms. The number of halogens is 3. The molecule has 0 saturated carbocycles. The van der Waals surface area contributed by atoms with Crippen molar-refractivity contribution >= 4 is 5.78 Å². The second-order valence-electron chi connectivity index (χ2n) is 2.99. The minimum atomic E-state index is -4.69. The number of aryl methyl sites for hydroxylation is 1. The Labute approximate surface area is 84.4 Å². The summed E-state index contributed by atoms with van der Waals surface area (Å²) in [7, 11) is 0. The van der Waals surface area contributed by atoms with E-state index in [4.69, 9.17) is 0 Å². The molecule has 0 aliphatic rings. The Balaban J connectivity index is 3.01. The first-order chi connectivity index (χ1) is 6.82. The number of alkyl halides is 3. The van der Waals surface area contributed by atoms with E-state index in [9.17, 15) is 18.0 Å². The lowest BCUT2D eigenvalue weighted by atomic mass is 10.1. The molecule has 1 aromatic rings. The highest BCUT2D eigenvalue weighted by molar-refractivity contribution is 6.09. The van der Waals surface area contributed by atoms with Crippen LogP contribution in [0.2, 0.25) is 0 Å². The van der Waals surface area contributed by atoms with Gasteiger partial charge in [-0.1, -0.05) is 6.58 Å². The second kappa shape index (κ2) is 3.84. The summed E-state index contributed by atoms with van der Waals surface area (Å²) in [6, 6.07) is 2.52. The number of rotatable bonds is 2. The second-order valence-corrected chi connectivity index (χ2v) is 2.99. The Kier molecular flexibility index (Phi) is 2.93. The van der Waals surface area contributed by atoms with Gasteiger partial charge in [-0.25, -0.2) is 0 Å². The van der Waals surface area contributed by atoms with Crippen molar-refractivity contribution in [3.63, 3.8) is 0 Å². The molecule has 80 valence electrons. The third-order valence-corrected chi connectivity index (χ3v) is 1.78. The molecule has 1 aromatic heterocycles. The number of aromatic nitrogens is 1. The first-order valence-corrected chi connectivity index (χ1v) is 4.06. The van der Waals surface area contributed by atoms with E-state index in [1.807, 2.05) is 0 Å². The summed E-state index contributed by atoms with van der Waals surface area (Å²) in [5, 5.41) is 0. The van der Waals surface area contributed by atoms with Gasteiger partial charge in [0.25, 0.3) is 0 Å². The van der Waals surface area contributed by atoms with Gasteiger partial charge in [0.05, 0.1) is 5.57 Å². The molecule has 1 heterocycles. The predicted molar refractivity (Wildman–Crippen MR) is 48.5 cm³/mol. The first kappa shape index (κ1) is 11.4. The van der Waals surface area contributed by atoms with E-state index < -0.39 is 17.5 Å². The van der Waals surface area contributed by atoms with Gasteiger partial charge in [-0.3, -0.25) is 9.78 Å². The van der Waals surface area contributed by atoms with Gasteiger partial charge in [0, 0.05) is 17.5 Å². The monoisotopic (exact) mass is 215 g/mol. The largest absolute Gasteiger partial charge is 0.419 e. The van der Waals surface area contributed by atoms with E-state index in [1.54, 1.807) is 6.92 Å². The van der Waals surface area contributed by atoms with Crippen LogP contribution in [0.4, 0.5) is 13.2 Å². The van der Waals surface area contributed by atoms with Crippen molar-refractivity contribution in [2.24, 2.45) is 0 Å². The number of pyridine rings is 1. The van der Waals surface area contributed by atoms with Gasteiger partial charge in [-0.15, -0.1) is 0 Å². The molecule has 0 aliphatic heterocycles. The van der Waals surface area contributed by atoms with Crippen LogP contribution in [-0.2, 0) is 0 Å². The van der Waals surface area contributed by atoms with E-state index >= 15 is 0 Å². The standard InChI is InChI=1S/C10H8F3NO/c1-6-5-8(3-4-14-6)9(15)7(2)10(11,12)13/h3-5H,2H2,1H3. The molecular weight excluding hydrogens is 207 g/mol. The zero-order valence-corrected chi connectivity index (χ0v) is 7.93. The van der Waals surface area contributed by atoms with Crippen LogP contribution < -0.4 is 0 Å². The summed E-state index contributed by atoms with van der Waals surface area (Å²) in [4.78, 5) is 15.1. The Bertz CT molecular complexity index is 409. The van der Waals surface area contributed by atoms with Gasteiger partial charge in [-0.05, 0) is 19.1 Å². The van der Waals surface area contributed by atoms with Crippen molar-refractivity contribution in [2.45, 2.75) is 13.1 Å². The van der Waals surface area contributed by atoms with E-state index in [2.05, 4.69) is 11.6 Å². The topological polar surface area (TPSA) is 30.0 Å². The van der Waals surface area contributed by atoms with Crippen LogP contribution in [0.5, 0.6) is 0 Å². The van der Waals surface area contributed by atoms with Crippen molar-refractivity contribution in [3.8, 4) is 0 Å². The third kappa shape index (κ3) is 2.65. The van der Waals surface area contributed by atoms with Crippen molar-refractivity contribution in [1.82, 2.24) is 4.98 Å². The maximum atomic E-state index is 12.1. The van der Waals surface area contributed by atoms with E-state index in [1.165, 1.54) is 18.3 Å². The van der Waals surface area contributed by atoms with Crippen LogP contribution in [-0.4, -0.2) is 16.9 Å². The van der Waals surface area contributed by atoms with Crippen LogP contribution in [0.15, 0.2) is 30.5 Å². The number of hydrogen-bond acceptors (Lipinski definition) is 2. The fourth-order valence-corrected chi connectivity index (χ4v) is 0.990.